The predicted molar refractivity (Wildman–Crippen MR) is 196 cm³/mol. The molecule has 0 unspecified atom stereocenters. The molecule has 5 aromatic rings. The Labute approximate surface area is 317 Å². The van der Waals surface area contributed by atoms with Gasteiger partial charge in [0.15, 0.2) is 23.1 Å². The van der Waals surface area contributed by atoms with Crippen molar-refractivity contribution in [1.82, 2.24) is 19.6 Å². The monoisotopic (exact) mass is 694 g/mol. The number of ether oxygens (including phenoxy) is 2. The number of aryl methyl sites for hydroxylation is 2. The molecule has 262 valence electrons. The molecule has 0 saturated carbocycles. The first-order chi connectivity index (χ1) is 23.1. The van der Waals surface area contributed by atoms with Crippen LogP contribution in [0.15, 0.2) is 103 Å². The molecular weight excluding hydrogens is 646 g/mol. The first-order valence-corrected chi connectivity index (χ1v) is 15.3. The first-order valence-electron chi connectivity index (χ1n) is 15.3. The Balaban J connectivity index is 0. The molecule has 0 bridgehead atoms. The number of hydrogen-bond donors (Lipinski definition) is 3. The zero-order chi connectivity index (χ0) is 35.3. The normalized spacial score (nSPS) is 9.34. The van der Waals surface area contributed by atoms with E-state index in [-0.39, 0.29) is 62.4 Å². The summed E-state index contributed by atoms with van der Waals surface area (Å²) in [7, 11) is 0. The smallest absolute Gasteiger partial charge is 1.00 e. The Hall–Kier alpha value is -4.46. The summed E-state index contributed by atoms with van der Waals surface area (Å²) in [6.45, 7) is 9.32. The van der Waals surface area contributed by atoms with Crippen LogP contribution in [0.1, 0.15) is 56.2 Å². The average molecular weight is 695 g/mol. The fraction of sp³-hybridized carbons (Fsp3) is 0.250. The van der Waals surface area contributed by atoms with Crippen molar-refractivity contribution in [2.45, 2.75) is 47.6 Å². The number of hydrazine groups is 1. The largest absolute Gasteiger partial charge is 1.00 e. The van der Waals surface area contributed by atoms with Crippen LogP contribution >= 0.6 is 0 Å². The minimum absolute atomic E-state index is 0. The second-order valence-corrected chi connectivity index (χ2v) is 10.0. The van der Waals surface area contributed by atoms with Gasteiger partial charge in [-0.15, -0.1) is 0 Å². The molecule has 0 fully saturated rings. The van der Waals surface area contributed by atoms with Gasteiger partial charge < -0.3 is 21.4 Å². The van der Waals surface area contributed by atoms with E-state index < -0.39 is 5.97 Å². The van der Waals surface area contributed by atoms with Crippen molar-refractivity contribution < 1.29 is 49.3 Å². The van der Waals surface area contributed by atoms with Crippen LogP contribution in [0, 0.1) is 13.8 Å². The maximum absolute atomic E-state index is 11.8. The molecule has 0 radical (unpaired) electrons. The van der Waals surface area contributed by atoms with Crippen molar-refractivity contribution in [2.24, 2.45) is 5.84 Å². The van der Waals surface area contributed by atoms with Gasteiger partial charge in [0.2, 0.25) is 0 Å². The second-order valence-electron chi connectivity index (χ2n) is 10.0. The summed E-state index contributed by atoms with van der Waals surface area (Å²) in [5, 5.41) is 17.7. The van der Waals surface area contributed by atoms with Crippen LogP contribution in [0.5, 0.6) is 0 Å². The van der Waals surface area contributed by atoms with E-state index in [1.807, 2.05) is 111 Å². The summed E-state index contributed by atoms with van der Waals surface area (Å²) in [6.07, 6.45) is -0.103. The van der Waals surface area contributed by atoms with Crippen molar-refractivity contribution in [2.75, 3.05) is 18.6 Å². The van der Waals surface area contributed by atoms with Crippen molar-refractivity contribution in [3.05, 3.63) is 126 Å². The van der Waals surface area contributed by atoms with Gasteiger partial charge in [0.25, 0.3) is 0 Å². The van der Waals surface area contributed by atoms with Gasteiger partial charge in [-0.1, -0.05) is 54.6 Å². The number of nitrogens with two attached hydrogens (primary N) is 1. The van der Waals surface area contributed by atoms with E-state index in [9.17, 15) is 14.4 Å². The maximum atomic E-state index is 11.8. The maximum Gasteiger partial charge on any atom is 1.00 e. The number of anilines is 1. The van der Waals surface area contributed by atoms with Crippen LogP contribution in [0.2, 0.25) is 0 Å². The molecule has 0 amide bonds. The number of nitrogen functional groups attached to an aromatic ring is 1. The number of nitrogens with one attached hydrogen (secondary N) is 1. The predicted octanol–water partition coefficient (Wildman–Crippen LogP) is 1.46. The summed E-state index contributed by atoms with van der Waals surface area (Å²) >= 11 is 0. The summed E-state index contributed by atoms with van der Waals surface area (Å²) in [5.41, 5.74) is 8.26. The number of aliphatic hydroxyl groups excluding tert-OH is 1. The van der Waals surface area contributed by atoms with Crippen molar-refractivity contribution in [1.29, 1.82) is 0 Å². The number of benzene rings is 3. The fourth-order valence-electron chi connectivity index (χ4n) is 4.02. The molecule has 0 spiro atoms. The third-order valence-electron chi connectivity index (χ3n) is 6.02. The van der Waals surface area contributed by atoms with Crippen LogP contribution in [0.3, 0.4) is 0 Å². The number of ketones is 1. The number of aromatic nitrogens is 4. The zero-order valence-corrected chi connectivity index (χ0v) is 29.0. The zero-order valence-electron chi connectivity index (χ0n) is 30.0. The molecule has 0 aliphatic rings. The fourth-order valence-corrected chi connectivity index (χ4v) is 4.02. The number of para-hydroxylation sites is 3. The third kappa shape index (κ3) is 16.3. The number of carbonyl (C=O) groups is 3. The molecule has 14 heteroatoms. The number of Topliss-reactive ketones (excluding diaryl/α,β-unsaturated/α-hetero) is 1. The van der Waals surface area contributed by atoms with Crippen LogP contribution in [-0.2, 0) is 25.7 Å². The topological polar surface area (TPSA) is 164 Å². The van der Waals surface area contributed by atoms with Crippen molar-refractivity contribution >= 4 is 40.8 Å². The minimum atomic E-state index is -0.440. The van der Waals surface area contributed by atoms with E-state index in [0.29, 0.717) is 18.9 Å². The van der Waals surface area contributed by atoms with Gasteiger partial charge in [0.1, 0.15) is 12.2 Å². The van der Waals surface area contributed by atoms with Crippen LogP contribution in [0.25, 0.3) is 11.4 Å². The van der Waals surface area contributed by atoms with Crippen LogP contribution in [0.4, 0.5) is 5.69 Å². The molecule has 4 N–H and O–H groups in total. The standard InChI is InChI=1S/C13H14N2O2.C11H12N2O.C6H8N2.C6H10O3.Al.Li.4H/c1-3-17-13(16)12-9-10(2)14-15(12)11-7-5-4-6-8-11;1-9-7-11(8-14)13(12-9)10-5-3-2-4-6-10;7-8-6-4-2-1-3-5-6;1-3-9-6(8)4-5(2)7;;;;;;/h4-9H,3H2,1-2H3;2-7,14H,8H2,1H3;1-5,8H,7H2;3-4H2,1-2H3;;;;;;/q;;;;;+1;;;;-1. The molecule has 0 aliphatic heterocycles. The Morgan fingerprint density at radius 2 is 1.24 bits per heavy atom. The van der Waals surface area contributed by atoms with Crippen molar-refractivity contribution in [3.8, 4) is 11.4 Å². The molecule has 12 nitrogen and oxygen atoms in total. The van der Waals surface area contributed by atoms with E-state index >= 15 is 0 Å². The molecule has 50 heavy (non-hydrogen) atoms. The Bertz CT molecular complexity index is 1690. The number of rotatable bonds is 9. The van der Waals surface area contributed by atoms with Crippen LogP contribution < -0.4 is 30.1 Å². The summed E-state index contributed by atoms with van der Waals surface area (Å²) in [4.78, 5) is 32.4. The molecule has 5 rings (SSSR count). The number of nitrogens with zero attached hydrogens (tertiary/aromatic N) is 4. The number of hydrogen-bond acceptors (Lipinski definition) is 10. The van der Waals surface area contributed by atoms with Crippen LogP contribution in [-0.4, -0.2) is 73.0 Å². The first kappa shape index (κ1) is 45.5. The molecule has 0 aliphatic carbocycles. The van der Waals surface area contributed by atoms with Gasteiger partial charge in [0.05, 0.1) is 48.3 Å². The summed E-state index contributed by atoms with van der Waals surface area (Å²) < 4.78 is 12.9. The Morgan fingerprint density at radius 1 is 0.780 bits per heavy atom. The van der Waals surface area contributed by atoms with Gasteiger partial charge >= 0.3 is 30.8 Å². The Kier molecular flexibility index (Phi) is 23.2. The molecule has 0 atom stereocenters. The minimum Gasteiger partial charge on any atom is -1.00 e. The van der Waals surface area contributed by atoms with Gasteiger partial charge in [-0.05, 0) is 83.1 Å². The summed E-state index contributed by atoms with van der Waals surface area (Å²) in [6, 6.07) is 32.5. The third-order valence-corrected chi connectivity index (χ3v) is 6.02. The quantitative estimate of drug-likeness (QED) is 0.0677. The molecule has 2 aromatic heterocycles. The van der Waals surface area contributed by atoms with Gasteiger partial charge in [-0.2, -0.15) is 10.2 Å². The van der Waals surface area contributed by atoms with E-state index in [2.05, 4.69) is 20.4 Å². The van der Waals surface area contributed by atoms with Gasteiger partial charge in [-0.3, -0.25) is 15.4 Å². The molecule has 0 saturated heterocycles. The number of esters is 2. The van der Waals surface area contributed by atoms with E-state index in [4.69, 9.17) is 15.7 Å². The summed E-state index contributed by atoms with van der Waals surface area (Å²) in [5.74, 6) is 4.15. The van der Waals surface area contributed by atoms with E-state index in [1.54, 1.807) is 29.3 Å². The van der Waals surface area contributed by atoms with Crippen molar-refractivity contribution in [3.63, 3.8) is 0 Å². The van der Waals surface area contributed by atoms with Gasteiger partial charge in [-0.25, -0.2) is 14.2 Å². The van der Waals surface area contributed by atoms with E-state index in [0.717, 1.165) is 34.1 Å². The van der Waals surface area contributed by atoms with Gasteiger partial charge in [0, 0.05) is 5.69 Å². The number of carbonyl (C=O) groups excluding carboxylic acids is 3. The SMILES string of the molecule is CCOC(=O)CC(C)=O.CCOC(=O)c1cc(C)nn1-c1ccccc1.Cc1cc(CO)n(-c2ccccc2)n1.NNc1ccccc1.[AlH3].[H-].[Li+]. The van der Waals surface area contributed by atoms with E-state index in [1.165, 1.54) is 6.92 Å². The average Bonchev–Trinajstić information content (AvgIpc) is 3.69. The molecule has 2 heterocycles. The second kappa shape index (κ2) is 25.5. The Morgan fingerprint density at radius 3 is 1.68 bits per heavy atom. The molecular formula is C36H48AlLiN6O6. The number of aliphatic hydroxyl groups is 1. The molecule has 3 aromatic carbocycles.